The first-order valence-electron chi connectivity index (χ1n) is 9.35. The van der Waals surface area contributed by atoms with Crippen molar-refractivity contribution in [2.45, 2.75) is 13.8 Å². The van der Waals surface area contributed by atoms with Crippen molar-refractivity contribution in [2.24, 2.45) is 0 Å². The zero-order valence-electron chi connectivity index (χ0n) is 15.9. The van der Waals surface area contributed by atoms with Crippen molar-refractivity contribution in [3.05, 3.63) is 45.5 Å². The number of nitrogens with one attached hydrogen (secondary N) is 1. The van der Waals surface area contributed by atoms with Crippen molar-refractivity contribution in [1.29, 1.82) is 0 Å². The predicted octanol–water partition coefficient (Wildman–Crippen LogP) is 4.16. The van der Waals surface area contributed by atoms with Gasteiger partial charge in [0.25, 0.3) is 5.91 Å². The summed E-state index contributed by atoms with van der Waals surface area (Å²) in [5.41, 5.74) is 1.72. The number of anilines is 2. The first-order chi connectivity index (χ1) is 13.6. The van der Waals surface area contributed by atoms with E-state index in [4.69, 9.17) is 0 Å². The quantitative estimate of drug-likeness (QED) is 0.634. The average Bonchev–Trinajstić information content (AvgIpc) is 3.07. The van der Waals surface area contributed by atoms with E-state index in [0.29, 0.717) is 4.88 Å². The Morgan fingerprint density at radius 1 is 1.18 bits per heavy atom. The summed E-state index contributed by atoms with van der Waals surface area (Å²) in [5.74, 6) is 0.835. The summed E-state index contributed by atoms with van der Waals surface area (Å²) >= 11 is 4.84. The third kappa shape index (κ3) is 3.76. The van der Waals surface area contributed by atoms with Gasteiger partial charge in [-0.2, -0.15) is 0 Å². The second-order valence-corrected chi connectivity index (χ2v) is 8.73. The van der Waals surface area contributed by atoms with Gasteiger partial charge < -0.3 is 15.1 Å². The van der Waals surface area contributed by atoms with Crippen molar-refractivity contribution in [1.82, 2.24) is 14.9 Å². The molecule has 0 aliphatic carbocycles. The van der Waals surface area contributed by atoms with Crippen LogP contribution in [0.4, 0.5) is 11.5 Å². The smallest absolute Gasteiger partial charge is 0.266 e. The number of fused-ring (bicyclic) bond motifs is 1. The largest absolute Gasteiger partial charge is 0.353 e. The van der Waals surface area contributed by atoms with E-state index in [-0.39, 0.29) is 5.91 Å². The molecule has 1 amide bonds. The molecule has 0 radical (unpaired) electrons. The highest BCUT2D eigenvalue weighted by molar-refractivity contribution is 9.10. The van der Waals surface area contributed by atoms with E-state index in [0.717, 1.165) is 64.5 Å². The van der Waals surface area contributed by atoms with Crippen molar-refractivity contribution in [2.75, 3.05) is 42.9 Å². The van der Waals surface area contributed by atoms with Gasteiger partial charge in [-0.3, -0.25) is 4.79 Å². The molecule has 1 aliphatic heterocycles. The molecule has 146 valence electrons. The second-order valence-electron chi connectivity index (χ2n) is 6.82. The number of thiophene rings is 1. The fourth-order valence-corrected chi connectivity index (χ4v) is 4.81. The number of amides is 1. The number of likely N-dealkylation sites (N-methyl/N-ethyl adjacent to an activating group) is 1. The van der Waals surface area contributed by atoms with Gasteiger partial charge in [0.05, 0.1) is 10.3 Å². The molecule has 0 saturated carbocycles. The molecule has 3 heterocycles. The van der Waals surface area contributed by atoms with Gasteiger partial charge in [0.1, 0.15) is 17.0 Å². The van der Waals surface area contributed by atoms with E-state index in [1.54, 1.807) is 6.33 Å². The molecule has 0 atom stereocenters. The first-order valence-corrected chi connectivity index (χ1v) is 11.0. The summed E-state index contributed by atoms with van der Waals surface area (Å²) in [6.07, 6.45) is 1.61. The SMILES string of the molecule is CCN1CCN(c2ncnc3sc(C(=O)Nc4ccc(Br)cc4)c(C)c23)CC1. The Morgan fingerprint density at radius 2 is 1.89 bits per heavy atom. The van der Waals surface area contributed by atoms with Gasteiger partial charge in [0, 0.05) is 36.3 Å². The lowest BCUT2D eigenvalue weighted by Crippen LogP contribution is -2.46. The van der Waals surface area contributed by atoms with Crippen LogP contribution in [0.25, 0.3) is 10.2 Å². The van der Waals surface area contributed by atoms with Crippen LogP contribution in [0.15, 0.2) is 35.1 Å². The third-order valence-electron chi connectivity index (χ3n) is 5.13. The molecule has 1 saturated heterocycles. The number of nitrogens with zero attached hydrogens (tertiary/aromatic N) is 4. The number of aryl methyl sites for hydroxylation is 1. The van der Waals surface area contributed by atoms with E-state index in [9.17, 15) is 4.79 Å². The van der Waals surface area contributed by atoms with Crippen molar-refractivity contribution in [3.63, 3.8) is 0 Å². The average molecular weight is 460 g/mol. The molecule has 0 unspecified atom stereocenters. The maximum absolute atomic E-state index is 12.9. The number of rotatable bonds is 4. The highest BCUT2D eigenvalue weighted by Gasteiger charge is 2.24. The molecule has 28 heavy (non-hydrogen) atoms. The Morgan fingerprint density at radius 3 is 2.57 bits per heavy atom. The van der Waals surface area contributed by atoms with E-state index in [1.807, 2.05) is 31.2 Å². The lowest BCUT2D eigenvalue weighted by Gasteiger charge is -2.35. The van der Waals surface area contributed by atoms with Gasteiger partial charge in [0.2, 0.25) is 0 Å². The number of hydrogen-bond donors (Lipinski definition) is 1. The number of hydrogen-bond acceptors (Lipinski definition) is 6. The Labute approximate surface area is 176 Å². The third-order valence-corrected chi connectivity index (χ3v) is 6.86. The topological polar surface area (TPSA) is 61.4 Å². The monoisotopic (exact) mass is 459 g/mol. The van der Waals surface area contributed by atoms with Crippen LogP contribution in [0.3, 0.4) is 0 Å². The summed E-state index contributed by atoms with van der Waals surface area (Å²) < 4.78 is 0.978. The highest BCUT2D eigenvalue weighted by Crippen LogP contribution is 2.35. The van der Waals surface area contributed by atoms with E-state index >= 15 is 0 Å². The van der Waals surface area contributed by atoms with E-state index in [2.05, 4.69) is 47.9 Å². The zero-order chi connectivity index (χ0) is 19.7. The number of benzene rings is 1. The Hall–Kier alpha value is -2.03. The summed E-state index contributed by atoms with van der Waals surface area (Å²) in [7, 11) is 0. The number of aromatic nitrogens is 2. The van der Waals surface area contributed by atoms with Crippen molar-refractivity contribution < 1.29 is 4.79 Å². The molecule has 6 nitrogen and oxygen atoms in total. The van der Waals surface area contributed by atoms with E-state index in [1.165, 1.54) is 11.3 Å². The van der Waals surface area contributed by atoms with Gasteiger partial charge in [-0.1, -0.05) is 22.9 Å². The molecule has 4 rings (SSSR count). The van der Waals surface area contributed by atoms with Crippen LogP contribution in [-0.4, -0.2) is 53.5 Å². The molecule has 0 spiro atoms. The number of piperazine rings is 1. The van der Waals surface area contributed by atoms with Gasteiger partial charge in [-0.15, -0.1) is 11.3 Å². The van der Waals surface area contributed by atoms with E-state index < -0.39 is 0 Å². The minimum absolute atomic E-state index is 0.107. The van der Waals surface area contributed by atoms with Crippen molar-refractivity contribution >= 4 is 54.9 Å². The standard InChI is InChI=1S/C20H22BrN5OS/c1-3-25-8-10-26(11-9-25)18-16-13(2)17(28-20(16)23-12-22-18)19(27)24-15-6-4-14(21)5-7-15/h4-7,12H,3,8-11H2,1-2H3,(H,24,27). The molecular weight excluding hydrogens is 438 g/mol. The van der Waals surface area contributed by atoms with Gasteiger partial charge >= 0.3 is 0 Å². The highest BCUT2D eigenvalue weighted by atomic mass is 79.9. The summed E-state index contributed by atoms with van der Waals surface area (Å²) in [6, 6.07) is 7.58. The number of halogens is 1. The molecule has 1 aliphatic rings. The van der Waals surface area contributed by atoms with Crippen molar-refractivity contribution in [3.8, 4) is 0 Å². The van der Waals surface area contributed by atoms with Crippen LogP contribution in [0.2, 0.25) is 0 Å². The molecule has 1 N–H and O–H groups in total. The Balaban J connectivity index is 1.63. The fourth-order valence-electron chi connectivity index (χ4n) is 3.51. The maximum Gasteiger partial charge on any atom is 0.266 e. The van der Waals surface area contributed by atoms with Crippen LogP contribution < -0.4 is 10.2 Å². The zero-order valence-corrected chi connectivity index (χ0v) is 18.3. The minimum Gasteiger partial charge on any atom is -0.353 e. The van der Waals surface area contributed by atoms with Gasteiger partial charge in [-0.25, -0.2) is 9.97 Å². The lowest BCUT2D eigenvalue weighted by atomic mass is 10.1. The Bertz CT molecular complexity index is 996. The predicted molar refractivity (Wildman–Crippen MR) is 119 cm³/mol. The molecular formula is C20H22BrN5OS. The molecule has 1 fully saturated rings. The van der Waals surface area contributed by atoms with Crippen LogP contribution in [0.1, 0.15) is 22.2 Å². The molecule has 2 aromatic heterocycles. The second kappa shape index (κ2) is 8.14. The molecule has 8 heteroatoms. The summed E-state index contributed by atoms with van der Waals surface area (Å²) in [5, 5.41) is 3.98. The van der Waals surface area contributed by atoms with Crippen LogP contribution in [-0.2, 0) is 0 Å². The van der Waals surface area contributed by atoms with Crippen LogP contribution in [0, 0.1) is 6.92 Å². The summed E-state index contributed by atoms with van der Waals surface area (Å²) in [4.78, 5) is 28.2. The first kappa shape index (κ1) is 19.3. The molecule has 3 aromatic rings. The maximum atomic E-state index is 12.9. The number of carbonyl (C=O) groups excluding carboxylic acids is 1. The normalized spacial score (nSPS) is 15.2. The van der Waals surface area contributed by atoms with Crippen LogP contribution >= 0.6 is 27.3 Å². The molecule has 0 bridgehead atoms. The minimum atomic E-state index is -0.107. The molecule has 1 aromatic carbocycles. The van der Waals surface area contributed by atoms with Gasteiger partial charge in [0.15, 0.2) is 0 Å². The number of carbonyl (C=O) groups is 1. The Kier molecular flexibility index (Phi) is 5.61. The van der Waals surface area contributed by atoms with Crippen LogP contribution in [0.5, 0.6) is 0 Å². The summed E-state index contributed by atoms with van der Waals surface area (Å²) in [6.45, 7) is 9.20. The lowest BCUT2D eigenvalue weighted by molar-refractivity contribution is 0.103. The fraction of sp³-hybridized carbons (Fsp3) is 0.350. The van der Waals surface area contributed by atoms with Gasteiger partial charge in [-0.05, 0) is 43.3 Å².